The summed E-state index contributed by atoms with van der Waals surface area (Å²) in [6.45, 7) is 0. The summed E-state index contributed by atoms with van der Waals surface area (Å²) in [6, 6.07) is 20.5. The van der Waals surface area contributed by atoms with Gasteiger partial charge in [-0.05, 0) is 28.8 Å². The maximum atomic E-state index is 12.9. The monoisotopic (exact) mass is 428 g/mol. The molecule has 0 aromatic heterocycles. The van der Waals surface area contributed by atoms with Crippen LogP contribution in [0.3, 0.4) is 0 Å². The average Bonchev–Trinajstić information content (AvgIpc) is 2.74. The number of amides is 1. The smallest absolute Gasteiger partial charge is 0.281 e. The van der Waals surface area contributed by atoms with E-state index in [0.717, 1.165) is 0 Å². The first-order valence-electron chi connectivity index (χ1n) is 8.66. The van der Waals surface area contributed by atoms with E-state index in [1.165, 1.54) is 13.3 Å². The van der Waals surface area contributed by atoms with Crippen LogP contribution in [0.4, 0.5) is 0 Å². The molecule has 0 heterocycles. The number of ether oxygens (including phenoxy) is 1. The van der Waals surface area contributed by atoms with Crippen molar-refractivity contribution in [2.45, 2.75) is 5.60 Å². The highest BCUT2D eigenvalue weighted by molar-refractivity contribution is 6.37. The second-order valence-corrected chi connectivity index (χ2v) is 6.97. The molecular formula is C22H18Cl2N2O3. The zero-order chi connectivity index (χ0) is 20.9. The molecule has 1 amide bonds. The molecule has 3 rings (SSSR count). The molecule has 3 aromatic rings. The standard InChI is InChI=1S/C22H18Cl2N2O3/c1-29-20-18(23)12-15(13-19(20)24)14-25-26-21(27)22(28,16-8-4-2-5-9-16)17-10-6-3-7-11-17/h2-14,28H,1H3,(H,26,27)/b25-14+. The molecule has 29 heavy (non-hydrogen) atoms. The number of benzene rings is 3. The third-order valence-corrected chi connectivity index (χ3v) is 4.88. The molecule has 0 aliphatic heterocycles. The van der Waals surface area contributed by atoms with Crippen LogP contribution in [0.25, 0.3) is 0 Å². The number of nitrogens with one attached hydrogen (secondary N) is 1. The van der Waals surface area contributed by atoms with E-state index in [1.807, 2.05) is 12.1 Å². The first-order chi connectivity index (χ1) is 14.0. The fraction of sp³-hybridized carbons (Fsp3) is 0.0909. The lowest BCUT2D eigenvalue weighted by Crippen LogP contribution is -2.43. The van der Waals surface area contributed by atoms with Crippen molar-refractivity contribution < 1.29 is 14.6 Å². The molecule has 0 saturated carbocycles. The van der Waals surface area contributed by atoms with Gasteiger partial charge in [-0.1, -0.05) is 83.9 Å². The molecule has 7 heteroatoms. The number of halogens is 2. The summed E-state index contributed by atoms with van der Waals surface area (Å²) in [6.07, 6.45) is 1.38. The molecule has 0 atom stereocenters. The second-order valence-electron chi connectivity index (χ2n) is 6.16. The van der Waals surface area contributed by atoms with Crippen molar-refractivity contribution >= 4 is 35.3 Å². The molecule has 5 nitrogen and oxygen atoms in total. The summed E-state index contributed by atoms with van der Waals surface area (Å²) in [7, 11) is 1.47. The van der Waals surface area contributed by atoms with E-state index in [1.54, 1.807) is 60.7 Å². The molecule has 0 fully saturated rings. The minimum atomic E-state index is -1.91. The van der Waals surface area contributed by atoms with Gasteiger partial charge in [0.25, 0.3) is 5.91 Å². The Hall–Kier alpha value is -2.86. The van der Waals surface area contributed by atoms with Gasteiger partial charge in [-0.25, -0.2) is 5.43 Å². The number of carbonyl (C=O) groups is 1. The van der Waals surface area contributed by atoms with Gasteiger partial charge in [-0.3, -0.25) is 4.79 Å². The van der Waals surface area contributed by atoms with Crippen LogP contribution in [-0.4, -0.2) is 24.3 Å². The minimum Gasteiger partial charge on any atom is -0.494 e. The van der Waals surface area contributed by atoms with Crippen LogP contribution < -0.4 is 10.2 Å². The summed E-state index contributed by atoms with van der Waals surface area (Å²) >= 11 is 12.2. The molecule has 148 valence electrons. The molecule has 0 bridgehead atoms. The number of hydrogen-bond acceptors (Lipinski definition) is 4. The molecule has 0 spiro atoms. The molecule has 3 aromatic carbocycles. The summed E-state index contributed by atoms with van der Waals surface area (Å²) in [4.78, 5) is 12.9. The van der Waals surface area contributed by atoms with Crippen molar-refractivity contribution in [3.8, 4) is 5.75 Å². The molecule has 0 radical (unpaired) electrons. The largest absolute Gasteiger partial charge is 0.494 e. The van der Waals surface area contributed by atoms with Gasteiger partial charge in [0.1, 0.15) is 0 Å². The number of hydrogen-bond donors (Lipinski definition) is 2. The minimum absolute atomic E-state index is 0.317. The van der Waals surface area contributed by atoms with Crippen molar-refractivity contribution in [1.82, 2.24) is 5.43 Å². The molecule has 0 aliphatic rings. The molecule has 0 saturated heterocycles. The van der Waals surface area contributed by atoms with Gasteiger partial charge in [0.2, 0.25) is 0 Å². The van der Waals surface area contributed by atoms with Crippen LogP contribution in [0.2, 0.25) is 10.0 Å². The van der Waals surface area contributed by atoms with Gasteiger partial charge in [-0.2, -0.15) is 5.10 Å². The first kappa shape index (κ1) is 20.9. The number of carbonyl (C=O) groups excluding carboxylic acids is 1. The van der Waals surface area contributed by atoms with Crippen molar-refractivity contribution in [1.29, 1.82) is 0 Å². The summed E-state index contributed by atoms with van der Waals surface area (Å²) in [5.74, 6) is -0.339. The molecule has 0 unspecified atom stereocenters. The summed E-state index contributed by atoms with van der Waals surface area (Å²) in [5, 5.41) is 15.9. The van der Waals surface area contributed by atoms with Crippen molar-refractivity contribution in [3.63, 3.8) is 0 Å². The van der Waals surface area contributed by atoms with Crippen LogP contribution in [0, 0.1) is 0 Å². The Morgan fingerprint density at radius 3 is 1.93 bits per heavy atom. The predicted octanol–water partition coefficient (Wildman–Crippen LogP) is 4.39. The SMILES string of the molecule is COc1c(Cl)cc(/C=N/NC(=O)C(O)(c2ccccc2)c2ccccc2)cc1Cl. The third kappa shape index (κ3) is 4.43. The molecule has 0 aliphatic carbocycles. The van der Waals surface area contributed by atoms with E-state index in [2.05, 4.69) is 10.5 Å². The quantitative estimate of drug-likeness (QED) is 0.451. The van der Waals surface area contributed by atoms with Gasteiger partial charge in [0.15, 0.2) is 11.4 Å². The molecular weight excluding hydrogens is 411 g/mol. The number of methoxy groups -OCH3 is 1. The first-order valence-corrected chi connectivity index (χ1v) is 9.42. The number of hydrazone groups is 1. The van der Waals surface area contributed by atoms with Crippen molar-refractivity contribution in [2.75, 3.05) is 7.11 Å². The Morgan fingerprint density at radius 2 is 1.48 bits per heavy atom. The van der Waals surface area contributed by atoms with E-state index in [0.29, 0.717) is 32.5 Å². The Morgan fingerprint density at radius 1 is 1.00 bits per heavy atom. The zero-order valence-electron chi connectivity index (χ0n) is 15.5. The van der Waals surface area contributed by atoms with E-state index < -0.39 is 11.5 Å². The fourth-order valence-corrected chi connectivity index (χ4v) is 3.54. The Kier molecular flexibility index (Phi) is 6.54. The maximum Gasteiger partial charge on any atom is 0.281 e. The average molecular weight is 429 g/mol. The predicted molar refractivity (Wildman–Crippen MR) is 115 cm³/mol. The topological polar surface area (TPSA) is 70.9 Å². The number of rotatable bonds is 6. The lowest BCUT2D eigenvalue weighted by Gasteiger charge is -2.27. The van der Waals surface area contributed by atoms with Crippen molar-refractivity contribution in [3.05, 3.63) is 99.5 Å². The van der Waals surface area contributed by atoms with Gasteiger partial charge in [-0.15, -0.1) is 0 Å². The highest BCUT2D eigenvalue weighted by Crippen LogP contribution is 2.33. The summed E-state index contributed by atoms with van der Waals surface area (Å²) < 4.78 is 5.10. The summed E-state index contributed by atoms with van der Waals surface area (Å²) in [5.41, 5.74) is 1.90. The van der Waals surface area contributed by atoms with Gasteiger partial charge >= 0.3 is 0 Å². The van der Waals surface area contributed by atoms with Crippen LogP contribution in [0.15, 0.2) is 77.9 Å². The lowest BCUT2D eigenvalue weighted by molar-refractivity contribution is -0.136. The van der Waals surface area contributed by atoms with Crippen LogP contribution in [0.1, 0.15) is 16.7 Å². The zero-order valence-corrected chi connectivity index (χ0v) is 17.0. The van der Waals surface area contributed by atoms with Crippen molar-refractivity contribution in [2.24, 2.45) is 5.10 Å². The Bertz CT molecular complexity index is 962. The van der Waals surface area contributed by atoms with Gasteiger partial charge in [0, 0.05) is 0 Å². The lowest BCUT2D eigenvalue weighted by atomic mass is 9.85. The normalized spacial score (nSPS) is 11.4. The second kappa shape index (κ2) is 9.09. The van der Waals surface area contributed by atoms with Gasteiger partial charge < -0.3 is 9.84 Å². The number of aliphatic hydroxyl groups is 1. The van der Waals surface area contributed by atoms with E-state index in [-0.39, 0.29) is 0 Å². The highest BCUT2D eigenvalue weighted by atomic mass is 35.5. The van der Waals surface area contributed by atoms with E-state index >= 15 is 0 Å². The Labute approximate surface area is 178 Å². The van der Waals surface area contributed by atoms with E-state index in [4.69, 9.17) is 27.9 Å². The van der Waals surface area contributed by atoms with Crippen LogP contribution >= 0.6 is 23.2 Å². The fourth-order valence-electron chi connectivity index (χ4n) is 2.88. The van der Waals surface area contributed by atoms with Crippen LogP contribution in [-0.2, 0) is 10.4 Å². The van der Waals surface area contributed by atoms with Gasteiger partial charge in [0.05, 0.1) is 23.4 Å². The Balaban J connectivity index is 1.88. The van der Waals surface area contributed by atoms with Crippen LogP contribution in [0.5, 0.6) is 5.75 Å². The highest BCUT2D eigenvalue weighted by Gasteiger charge is 2.39. The number of nitrogens with zero attached hydrogens (tertiary/aromatic N) is 1. The van der Waals surface area contributed by atoms with E-state index in [9.17, 15) is 9.90 Å². The third-order valence-electron chi connectivity index (χ3n) is 4.32. The molecule has 2 N–H and O–H groups in total. The maximum absolute atomic E-state index is 12.9.